The largest absolute Gasteiger partial charge is 0.493 e. The van der Waals surface area contributed by atoms with Crippen LogP contribution in [0.15, 0.2) is 18.2 Å². The molecule has 4 nitrogen and oxygen atoms in total. The van der Waals surface area contributed by atoms with Crippen LogP contribution >= 0.6 is 0 Å². The Morgan fingerprint density at radius 1 is 1.20 bits per heavy atom. The molecule has 84 valence electrons. The van der Waals surface area contributed by atoms with Gasteiger partial charge in [0.05, 0.1) is 21.0 Å². The average molecular weight is 211 g/mol. The first kappa shape index (κ1) is 11.8. The summed E-state index contributed by atoms with van der Waals surface area (Å²) < 4.78 is 10.3. The molecule has 1 aromatic carbocycles. The van der Waals surface area contributed by atoms with Crippen LogP contribution in [-0.2, 0) is 6.42 Å². The van der Waals surface area contributed by atoms with E-state index in [2.05, 4.69) is 5.32 Å². The number of nitrogens with one attached hydrogen (secondary N) is 1. The Hall–Kier alpha value is -1.26. The minimum Gasteiger partial charge on any atom is -0.493 e. The number of rotatable bonds is 6. The van der Waals surface area contributed by atoms with E-state index in [9.17, 15) is 0 Å². The van der Waals surface area contributed by atoms with Gasteiger partial charge in [-0.1, -0.05) is 6.07 Å². The molecule has 0 aliphatic rings. The summed E-state index contributed by atoms with van der Waals surface area (Å²) in [6.07, 6.45) is 0.848. The Kier molecular flexibility index (Phi) is 4.93. The van der Waals surface area contributed by atoms with E-state index < -0.39 is 0 Å². The highest BCUT2D eigenvalue weighted by Gasteiger charge is 2.03. The third-order valence-electron chi connectivity index (χ3n) is 2.15. The zero-order chi connectivity index (χ0) is 11.1. The molecule has 0 amide bonds. The molecule has 0 saturated heterocycles. The maximum atomic E-state index is 8.57. The van der Waals surface area contributed by atoms with Crippen molar-refractivity contribution in [1.82, 2.24) is 5.32 Å². The van der Waals surface area contributed by atoms with Crippen LogP contribution in [0.2, 0.25) is 0 Å². The number of benzene rings is 1. The number of hydrogen-bond donors (Lipinski definition) is 2. The van der Waals surface area contributed by atoms with Gasteiger partial charge in [-0.05, 0) is 24.1 Å². The highest BCUT2D eigenvalue weighted by atomic mass is 16.5. The third-order valence-corrected chi connectivity index (χ3v) is 2.15. The van der Waals surface area contributed by atoms with Gasteiger partial charge in [-0.25, -0.2) is 0 Å². The van der Waals surface area contributed by atoms with Crippen LogP contribution in [0.4, 0.5) is 0 Å². The lowest BCUT2D eigenvalue weighted by Crippen LogP contribution is -2.17. The molecule has 0 unspecified atom stereocenters. The van der Waals surface area contributed by atoms with Gasteiger partial charge in [-0.15, -0.1) is 0 Å². The molecule has 0 aliphatic carbocycles. The molecule has 0 atom stereocenters. The van der Waals surface area contributed by atoms with Gasteiger partial charge in [0, 0.05) is 6.54 Å². The summed E-state index contributed by atoms with van der Waals surface area (Å²) in [4.78, 5) is 0. The van der Waals surface area contributed by atoms with E-state index in [4.69, 9.17) is 14.6 Å². The Balaban J connectivity index is 2.66. The van der Waals surface area contributed by atoms with Crippen molar-refractivity contribution >= 4 is 0 Å². The topological polar surface area (TPSA) is 50.7 Å². The summed E-state index contributed by atoms with van der Waals surface area (Å²) in [5.74, 6) is 1.47. The van der Waals surface area contributed by atoms with Crippen LogP contribution < -0.4 is 14.8 Å². The first-order valence-corrected chi connectivity index (χ1v) is 4.84. The Morgan fingerprint density at radius 2 is 1.93 bits per heavy atom. The van der Waals surface area contributed by atoms with Crippen molar-refractivity contribution in [3.05, 3.63) is 23.8 Å². The normalized spacial score (nSPS) is 10.1. The number of hydrogen-bond acceptors (Lipinski definition) is 4. The first-order valence-electron chi connectivity index (χ1n) is 4.84. The summed E-state index contributed by atoms with van der Waals surface area (Å²) in [7, 11) is 3.23. The Labute approximate surface area is 89.8 Å². The van der Waals surface area contributed by atoms with Crippen LogP contribution in [0.5, 0.6) is 11.5 Å². The molecule has 15 heavy (non-hydrogen) atoms. The maximum Gasteiger partial charge on any atom is 0.160 e. The van der Waals surface area contributed by atoms with Crippen molar-refractivity contribution in [1.29, 1.82) is 0 Å². The SMILES string of the molecule is COc1ccc(CCNCO)cc1OC. The fourth-order valence-corrected chi connectivity index (χ4v) is 1.35. The smallest absolute Gasteiger partial charge is 0.160 e. The molecule has 0 fully saturated rings. The van der Waals surface area contributed by atoms with Crippen molar-refractivity contribution in [3.8, 4) is 11.5 Å². The molecule has 0 heterocycles. The van der Waals surface area contributed by atoms with Crippen molar-refractivity contribution in [2.24, 2.45) is 0 Å². The second-order valence-corrected chi connectivity index (χ2v) is 3.10. The van der Waals surface area contributed by atoms with Crippen LogP contribution in [0.3, 0.4) is 0 Å². The summed E-state index contributed by atoms with van der Waals surface area (Å²) >= 11 is 0. The molecule has 1 rings (SSSR count). The zero-order valence-electron chi connectivity index (χ0n) is 9.12. The van der Waals surface area contributed by atoms with E-state index in [1.54, 1.807) is 14.2 Å². The highest BCUT2D eigenvalue weighted by Crippen LogP contribution is 2.27. The molecule has 0 aromatic heterocycles. The molecule has 1 aromatic rings. The molecule has 0 spiro atoms. The minimum absolute atomic E-state index is 0.00723. The van der Waals surface area contributed by atoms with Crippen molar-refractivity contribution in [3.63, 3.8) is 0 Å². The fraction of sp³-hybridized carbons (Fsp3) is 0.455. The predicted molar refractivity (Wildman–Crippen MR) is 58.3 cm³/mol. The number of methoxy groups -OCH3 is 2. The minimum atomic E-state index is 0.00723. The van der Waals surface area contributed by atoms with Gasteiger partial charge in [0.2, 0.25) is 0 Å². The number of aliphatic hydroxyl groups is 1. The molecular weight excluding hydrogens is 194 g/mol. The Bertz CT molecular complexity index is 302. The van der Waals surface area contributed by atoms with Crippen LogP contribution in [0.1, 0.15) is 5.56 Å². The maximum absolute atomic E-state index is 8.57. The quantitative estimate of drug-likeness (QED) is 0.539. The summed E-state index contributed by atoms with van der Waals surface area (Å²) in [5, 5.41) is 11.4. The van der Waals surface area contributed by atoms with Crippen LogP contribution in [-0.4, -0.2) is 32.6 Å². The lowest BCUT2D eigenvalue weighted by Gasteiger charge is -2.09. The van der Waals surface area contributed by atoms with Gasteiger partial charge in [0.25, 0.3) is 0 Å². The molecule has 0 saturated carbocycles. The monoisotopic (exact) mass is 211 g/mol. The van der Waals surface area contributed by atoms with Crippen molar-refractivity contribution in [2.45, 2.75) is 6.42 Å². The van der Waals surface area contributed by atoms with Crippen molar-refractivity contribution in [2.75, 3.05) is 27.5 Å². The average Bonchev–Trinajstić information content (AvgIpc) is 2.29. The van der Waals surface area contributed by atoms with E-state index >= 15 is 0 Å². The molecule has 0 radical (unpaired) electrons. The van der Waals surface area contributed by atoms with Gasteiger partial charge in [-0.2, -0.15) is 0 Å². The number of ether oxygens (including phenoxy) is 2. The Morgan fingerprint density at radius 3 is 2.53 bits per heavy atom. The third kappa shape index (κ3) is 3.42. The van der Waals surface area contributed by atoms with E-state index in [1.807, 2.05) is 18.2 Å². The lowest BCUT2D eigenvalue weighted by molar-refractivity contribution is 0.262. The van der Waals surface area contributed by atoms with Crippen molar-refractivity contribution < 1.29 is 14.6 Å². The second-order valence-electron chi connectivity index (χ2n) is 3.10. The standard InChI is InChI=1S/C11H17NO3/c1-14-10-4-3-9(5-6-12-8-13)7-11(10)15-2/h3-4,7,12-13H,5-6,8H2,1-2H3. The van der Waals surface area contributed by atoms with Gasteiger partial charge >= 0.3 is 0 Å². The van der Waals surface area contributed by atoms with E-state index in [0.29, 0.717) is 0 Å². The predicted octanol–water partition coefficient (Wildman–Crippen LogP) is 0.786. The van der Waals surface area contributed by atoms with Gasteiger partial charge in [0.1, 0.15) is 0 Å². The summed E-state index contributed by atoms with van der Waals surface area (Å²) in [6.45, 7) is 0.749. The van der Waals surface area contributed by atoms with E-state index in [1.165, 1.54) is 0 Å². The fourth-order valence-electron chi connectivity index (χ4n) is 1.35. The van der Waals surface area contributed by atoms with Crippen LogP contribution in [0, 0.1) is 0 Å². The lowest BCUT2D eigenvalue weighted by atomic mass is 10.1. The highest BCUT2D eigenvalue weighted by molar-refractivity contribution is 5.42. The van der Waals surface area contributed by atoms with E-state index in [0.717, 1.165) is 30.0 Å². The zero-order valence-corrected chi connectivity index (χ0v) is 9.12. The van der Waals surface area contributed by atoms with Gasteiger partial charge in [0.15, 0.2) is 11.5 Å². The van der Waals surface area contributed by atoms with Gasteiger partial charge in [-0.3, -0.25) is 5.32 Å². The number of aliphatic hydroxyl groups excluding tert-OH is 1. The molecule has 2 N–H and O–H groups in total. The summed E-state index contributed by atoms with van der Waals surface area (Å²) in [5.41, 5.74) is 1.15. The van der Waals surface area contributed by atoms with Crippen LogP contribution in [0.25, 0.3) is 0 Å². The first-order chi connectivity index (χ1) is 7.31. The van der Waals surface area contributed by atoms with Gasteiger partial charge < -0.3 is 14.6 Å². The summed E-state index contributed by atoms with van der Waals surface area (Å²) in [6, 6.07) is 5.81. The second kappa shape index (κ2) is 6.27. The molecule has 4 heteroatoms. The van der Waals surface area contributed by atoms with E-state index in [-0.39, 0.29) is 6.73 Å². The molecule has 0 bridgehead atoms. The molecule has 0 aliphatic heterocycles. The molecular formula is C11H17NO3.